The summed E-state index contributed by atoms with van der Waals surface area (Å²) in [5.74, 6) is 0. The number of hydrogen-bond donors (Lipinski definition) is 0. The number of rotatable bonds is 7. The van der Waals surface area contributed by atoms with E-state index >= 15 is 0 Å². The van der Waals surface area contributed by atoms with Crippen LogP contribution in [-0.2, 0) is 0 Å². The second kappa shape index (κ2) is 9.48. The van der Waals surface area contributed by atoms with Crippen LogP contribution < -0.4 is 0 Å². The first kappa shape index (κ1) is 10.5. The molecule has 0 aromatic heterocycles. The van der Waals surface area contributed by atoms with Gasteiger partial charge in [-0.3, -0.25) is 0 Å². The second-order valence-electron chi connectivity index (χ2n) is 2.80. The lowest BCUT2D eigenvalue weighted by atomic mass is 10.1. The highest BCUT2D eigenvalue weighted by molar-refractivity contribution is 4.76. The molecule has 0 aliphatic heterocycles. The highest BCUT2D eigenvalue weighted by atomic mass is 13.9. The third-order valence-corrected chi connectivity index (χ3v) is 1.73. The van der Waals surface area contributed by atoms with Gasteiger partial charge in [0, 0.05) is 0 Å². The molecule has 0 rings (SSSR count). The first-order chi connectivity index (χ1) is 5.41. The van der Waals surface area contributed by atoms with Gasteiger partial charge in [-0.15, -0.1) is 0 Å². The summed E-state index contributed by atoms with van der Waals surface area (Å²) in [5, 5.41) is 0. The molecule has 0 saturated heterocycles. The highest BCUT2D eigenvalue weighted by Gasteiger charge is 1.85. The fourth-order valence-electron chi connectivity index (χ4n) is 1.04. The quantitative estimate of drug-likeness (QED) is 0.382. The van der Waals surface area contributed by atoms with E-state index in [1.54, 1.807) is 6.08 Å². The van der Waals surface area contributed by atoms with E-state index in [0.29, 0.717) is 0 Å². The van der Waals surface area contributed by atoms with E-state index in [1.165, 1.54) is 32.1 Å². The average molecular weight is 151 g/mol. The molecule has 63 valence electrons. The Morgan fingerprint density at radius 3 is 2.18 bits per heavy atom. The van der Waals surface area contributed by atoms with E-state index in [1.807, 2.05) is 0 Å². The maximum atomic E-state index is 5.25. The minimum atomic E-state index is 1.07. The van der Waals surface area contributed by atoms with Crippen LogP contribution in [0.5, 0.6) is 0 Å². The van der Waals surface area contributed by atoms with Crippen molar-refractivity contribution in [1.82, 2.24) is 0 Å². The molecule has 11 heavy (non-hydrogen) atoms. The van der Waals surface area contributed by atoms with Crippen molar-refractivity contribution in [2.24, 2.45) is 0 Å². The van der Waals surface area contributed by atoms with Crippen molar-refractivity contribution < 1.29 is 0 Å². The van der Waals surface area contributed by atoms with E-state index < -0.39 is 0 Å². The third kappa shape index (κ3) is 9.48. The van der Waals surface area contributed by atoms with E-state index in [0.717, 1.165) is 6.42 Å². The van der Waals surface area contributed by atoms with Crippen LogP contribution in [0.3, 0.4) is 0 Å². The minimum Gasteiger partial charge on any atom is -0.0917 e. The lowest BCUT2D eigenvalue weighted by Gasteiger charge is -1.95. The van der Waals surface area contributed by atoms with Crippen LogP contribution in [0, 0.1) is 6.58 Å². The van der Waals surface area contributed by atoms with Gasteiger partial charge < -0.3 is 0 Å². The van der Waals surface area contributed by atoms with Gasteiger partial charge in [0.05, 0.1) is 0 Å². The van der Waals surface area contributed by atoms with Crippen LogP contribution in [0.25, 0.3) is 0 Å². The number of hydrogen-bond acceptors (Lipinski definition) is 0. The number of unbranched alkanes of at least 4 members (excludes halogenated alkanes) is 5. The third-order valence-electron chi connectivity index (χ3n) is 1.73. The minimum absolute atomic E-state index is 1.07. The lowest BCUT2D eigenvalue weighted by Crippen LogP contribution is -1.75. The summed E-state index contributed by atoms with van der Waals surface area (Å²) in [6, 6.07) is 0. The maximum Gasteiger partial charge on any atom is -0.0348 e. The molecule has 0 spiro atoms. The molecule has 0 heteroatoms. The Morgan fingerprint density at radius 1 is 1.00 bits per heavy atom. The standard InChI is InChI=1S/C11H19/c1-3-5-7-9-11-10-8-6-4-2/h1,3-4,6H,5,7-11H2,2H3. The fraction of sp³-hybridized carbons (Fsp3) is 0.636. The van der Waals surface area contributed by atoms with Crippen molar-refractivity contribution in [1.29, 1.82) is 0 Å². The summed E-state index contributed by atoms with van der Waals surface area (Å²) >= 11 is 0. The molecule has 0 atom stereocenters. The average Bonchev–Trinajstić information content (AvgIpc) is 2.03. The van der Waals surface area contributed by atoms with Crippen LogP contribution in [0.15, 0.2) is 18.2 Å². The van der Waals surface area contributed by atoms with Crippen LogP contribution in [-0.4, -0.2) is 0 Å². The zero-order chi connectivity index (χ0) is 8.36. The molecule has 0 aliphatic carbocycles. The molecule has 0 aromatic carbocycles. The monoisotopic (exact) mass is 151 g/mol. The van der Waals surface area contributed by atoms with E-state index in [9.17, 15) is 0 Å². The molecule has 0 nitrogen and oxygen atoms in total. The molecule has 0 aliphatic rings. The SMILES string of the molecule is [CH]=CCCCCCCC=CC. The smallest absolute Gasteiger partial charge is 0.0348 e. The second-order valence-corrected chi connectivity index (χ2v) is 2.80. The van der Waals surface area contributed by atoms with Crippen molar-refractivity contribution in [3.63, 3.8) is 0 Å². The predicted octanol–water partition coefficient (Wildman–Crippen LogP) is 3.89. The van der Waals surface area contributed by atoms with Crippen LogP contribution >= 0.6 is 0 Å². The topological polar surface area (TPSA) is 0 Å². The molecular weight excluding hydrogens is 132 g/mol. The zero-order valence-corrected chi connectivity index (χ0v) is 7.55. The van der Waals surface area contributed by atoms with Crippen molar-refractivity contribution in [2.45, 2.75) is 45.4 Å². The molecular formula is C11H19. The van der Waals surface area contributed by atoms with Gasteiger partial charge in [0.15, 0.2) is 0 Å². The van der Waals surface area contributed by atoms with Crippen LogP contribution in [0.1, 0.15) is 45.4 Å². The van der Waals surface area contributed by atoms with Gasteiger partial charge in [-0.25, -0.2) is 0 Å². The van der Waals surface area contributed by atoms with Crippen LogP contribution in [0.2, 0.25) is 0 Å². The first-order valence-electron chi connectivity index (χ1n) is 4.56. The Bertz CT molecular complexity index is 101. The van der Waals surface area contributed by atoms with Crippen molar-refractivity contribution in [3.05, 3.63) is 24.8 Å². The largest absolute Gasteiger partial charge is 0.0917 e. The molecule has 0 unspecified atom stereocenters. The fourth-order valence-corrected chi connectivity index (χ4v) is 1.04. The Labute approximate surface area is 71.0 Å². The Hall–Kier alpha value is -0.520. The zero-order valence-electron chi connectivity index (χ0n) is 7.55. The number of allylic oxidation sites excluding steroid dienone is 3. The summed E-state index contributed by atoms with van der Waals surface area (Å²) in [6.07, 6.45) is 13.7. The highest BCUT2D eigenvalue weighted by Crippen LogP contribution is 2.05. The Morgan fingerprint density at radius 2 is 1.64 bits per heavy atom. The first-order valence-corrected chi connectivity index (χ1v) is 4.56. The molecule has 0 N–H and O–H groups in total. The van der Waals surface area contributed by atoms with Gasteiger partial charge in [-0.2, -0.15) is 0 Å². The van der Waals surface area contributed by atoms with E-state index in [4.69, 9.17) is 6.58 Å². The van der Waals surface area contributed by atoms with E-state index in [2.05, 4.69) is 19.1 Å². The van der Waals surface area contributed by atoms with Crippen molar-refractivity contribution >= 4 is 0 Å². The predicted molar refractivity (Wildman–Crippen MR) is 51.4 cm³/mol. The molecule has 0 heterocycles. The van der Waals surface area contributed by atoms with Crippen LogP contribution in [0.4, 0.5) is 0 Å². The lowest BCUT2D eigenvalue weighted by molar-refractivity contribution is 0.652. The molecule has 0 aromatic rings. The normalized spacial score (nSPS) is 10.6. The maximum absolute atomic E-state index is 5.25. The van der Waals surface area contributed by atoms with Gasteiger partial charge >= 0.3 is 0 Å². The van der Waals surface area contributed by atoms with Crippen molar-refractivity contribution in [3.8, 4) is 0 Å². The van der Waals surface area contributed by atoms with Gasteiger partial charge in [-0.1, -0.05) is 37.6 Å². The molecule has 0 saturated carbocycles. The van der Waals surface area contributed by atoms with E-state index in [-0.39, 0.29) is 0 Å². The molecule has 0 fully saturated rings. The summed E-state index contributed by atoms with van der Waals surface area (Å²) < 4.78 is 0. The summed E-state index contributed by atoms with van der Waals surface area (Å²) in [5.41, 5.74) is 0. The van der Waals surface area contributed by atoms with Gasteiger partial charge in [-0.05, 0) is 32.6 Å². The van der Waals surface area contributed by atoms with Gasteiger partial charge in [0.25, 0.3) is 0 Å². The Kier molecular flexibility index (Phi) is 9.03. The summed E-state index contributed by atoms with van der Waals surface area (Å²) in [6.45, 7) is 7.33. The summed E-state index contributed by atoms with van der Waals surface area (Å²) in [4.78, 5) is 0. The van der Waals surface area contributed by atoms with Gasteiger partial charge in [0.2, 0.25) is 0 Å². The molecule has 0 bridgehead atoms. The summed E-state index contributed by atoms with van der Waals surface area (Å²) in [7, 11) is 0. The molecule has 0 amide bonds. The Balaban J connectivity index is 2.84. The van der Waals surface area contributed by atoms with Gasteiger partial charge in [0.1, 0.15) is 0 Å². The van der Waals surface area contributed by atoms with Crippen molar-refractivity contribution in [2.75, 3.05) is 0 Å². The molecule has 1 radical (unpaired) electrons.